The molecule has 0 spiro atoms. The van der Waals surface area contributed by atoms with E-state index in [4.69, 9.17) is 0 Å². The molecule has 3 heterocycles. The first kappa shape index (κ1) is 16.1. The van der Waals surface area contributed by atoms with Crippen molar-refractivity contribution in [2.24, 2.45) is 7.05 Å². The summed E-state index contributed by atoms with van der Waals surface area (Å²) in [5.74, 6) is -0.0141. The third-order valence-electron chi connectivity index (χ3n) is 5.27. The minimum Gasteiger partial charge on any atom is -0.332 e. The lowest BCUT2D eigenvalue weighted by Gasteiger charge is -2.25. The van der Waals surface area contributed by atoms with Gasteiger partial charge in [0.25, 0.3) is 11.5 Å². The molecule has 1 atom stereocenters. The molecule has 0 aromatic carbocycles. The van der Waals surface area contributed by atoms with Crippen LogP contribution < -0.4 is 5.56 Å². The number of aromatic nitrogens is 4. The molecule has 0 radical (unpaired) electrons. The number of fused-ring (bicyclic) bond motifs is 1. The predicted molar refractivity (Wildman–Crippen MR) is 92.5 cm³/mol. The summed E-state index contributed by atoms with van der Waals surface area (Å²) in [4.78, 5) is 27.1. The van der Waals surface area contributed by atoms with Gasteiger partial charge in [-0.3, -0.25) is 14.3 Å². The highest BCUT2D eigenvalue weighted by molar-refractivity contribution is 5.93. The molecule has 2 aromatic rings. The van der Waals surface area contributed by atoms with Gasteiger partial charge in [-0.1, -0.05) is 0 Å². The smallest absolute Gasteiger partial charge is 0.272 e. The summed E-state index contributed by atoms with van der Waals surface area (Å²) in [6, 6.07) is 3.55. The van der Waals surface area contributed by atoms with Gasteiger partial charge in [0.05, 0.1) is 24.0 Å². The summed E-state index contributed by atoms with van der Waals surface area (Å²) < 4.78 is 3.18. The highest BCUT2D eigenvalue weighted by atomic mass is 16.2. The zero-order chi connectivity index (χ0) is 17.6. The average Bonchev–Trinajstić information content (AvgIpc) is 3.27. The molecule has 1 saturated heterocycles. The van der Waals surface area contributed by atoms with Crippen molar-refractivity contribution in [3.8, 4) is 0 Å². The number of hydrogen-bond acceptors (Lipinski definition) is 4. The Morgan fingerprint density at radius 2 is 2.08 bits per heavy atom. The second-order valence-electron chi connectivity index (χ2n) is 7.08. The Labute approximate surface area is 146 Å². The first-order chi connectivity index (χ1) is 12.0. The third-order valence-corrected chi connectivity index (χ3v) is 5.27. The monoisotopic (exact) mass is 341 g/mol. The first-order valence-corrected chi connectivity index (χ1v) is 8.94. The van der Waals surface area contributed by atoms with Crippen LogP contribution in [0.2, 0.25) is 0 Å². The van der Waals surface area contributed by atoms with Crippen molar-refractivity contribution in [1.29, 1.82) is 0 Å². The zero-order valence-electron chi connectivity index (χ0n) is 14.7. The van der Waals surface area contributed by atoms with Gasteiger partial charge in [-0.25, -0.2) is 4.68 Å². The van der Waals surface area contributed by atoms with E-state index in [9.17, 15) is 9.59 Å². The van der Waals surface area contributed by atoms with Gasteiger partial charge in [-0.2, -0.15) is 10.2 Å². The molecule has 1 amide bonds. The van der Waals surface area contributed by atoms with E-state index >= 15 is 0 Å². The zero-order valence-corrected chi connectivity index (χ0v) is 14.7. The van der Waals surface area contributed by atoms with Crippen LogP contribution in [0.4, 0.5) is 0 Å². The summed E-state index contributed by atoms with van der Waals surface area (Å²) in [6.07, 6.45) is 4.81. The number of carbonyl (C=O) groups is 1. The standard InChI is InChI=1S/C18H23N5O2/c1-12-9-16(21(2)19-12)18(25)22-8-4-6-14(22)11-23-17(24)10-13-5-3-7-15(13)20-23/h9-10,14H,3-8,11H2,1-2H3. The molecule has 132 valence electrons. The summed E-state index contributed by atoms with van der Waals surface area (Å²) in [6.45, 7) is 3.06. The van der Waals surface area contributed by atoms with Crippen LogP contribution in [0.3, 0.4) is 0 Å². The Balaban J connectivity index is 1.57. The second kappa shape index (κ2) is 6.13. The third kappa shape index (κ3) is 2.88. The van der Waals surface area contributed by atoms with E-state index in [2.05, 4.69) is 10.2 Å². The predicted octanol–water partition coefficient (Wildman–Crippen LogP) is 1.08. The van der Waals surface area contributed by atoms with Gasteiger partial charge in [0.2, 0.25) is 0 Å². The Morgan fingerprint density at radius 3 is 2.84 bits per heavy atom. The maximum Gasteiger partial charge on any atom is 0.272 e. The Kier molecular flexibility index (Phi) is 3.94. The molecule has 2 aliphatic rings. The number of rotatable bonds is 3. The maximum absolute atomic E-state index is 12.9. The molecule has 0 bridgehead atoms. The van der Waals surface area contributed by atoms with Crippen LogP contribution in [0.5, 0.6) is 0 Å². The van der Waals surface area contributed by atoms with Gasteiger partial charge in [-0.05, 0) is 50.7 Å². The summed E-state index contributed by atoms with van der Waals surface area (Å²) >= 11 is 0. The molecule has 0 saturated carbocycles. The van der Waals surface area contributed by atoms with Crippen LogP contribution in [0.25, 0.3) is 0 Å². The molecule has 1 aliphatic heterocycles. The van der Waals surface area contributed by atoms with Gasteiger partial charge in [0.15, 0.2) is 0 Å². The topological polar surface area (TPSA) is 73.0 Å². The van der Waals surface area contributed by atoms with Gasteiger partial charge in [0.1, 0.15) is 5.69 Å². The van der Waals surface area contributed by atoms with Gasteiger partial charge < -0.3 is 4.90 Å². The van der Waals surface area contributed by atoms with Crippen LogP contribution in [-0.2, 0) is 26.4 Å². The number of carbonyl (C=O) groups excluding carboxylic acids is 1. The molecule has 4 rings (SSSR count). The molecule has 2 aromatic heterocycles. The molecule has 0 N–H and O–H groups in total. The van der Waals surface area contributed by atoms with E-state index in [1.165, 1.54) is 0 Å². The highest BCUT2D eigenvalue weighted by Crippen LogP contribution is 2.22. The van der Waals surface area contributed by atoms with Gasteiger partial charge >= 0.3 is 0 Å². The Morgan fingerprint density at radius 1 is 1.24 bits per heavy atom. The van der Waals surface area contributed by atoms with E-state index in [1.807, 2.05) is 17.9 Å². The van der Waals surface area contributed by atoms with Crippen molar-refractivity contribution in [2.45, 2.75) is 51.6 Å². The van der Waals surface area contributed by atoms with Crippen molar-refractivity contribution in [2.75, 3.05) is 6.54 Å². The van der Waals surface area contributed by atoms with Crippen molar-refractivity contribution >= 4 is 5.91 Å². The average molecular weight is 341 g/mol. The molecule has 7 heteroatoms. The Hall–Kier alpha value is -2.44. The molecule has 1 aliphatic carbocycles. The Bertz CT molecular complexity index is 882. The minimum atomic E-state index is -0.0590. The molecule has 1 fully saturated rings. The number of hydrogen-bond donors (Lipinski definition) is 0. The normalized spacial score (nSPS) is 19.4. The van der Waals surface area contributed by atoms with Crippen molar-refractivity contribution in [3.63, 3.8) is 0 Å². The largest absolute Gasteiger partial charge is 0.332 e. The number of aryl methyl sites for hydroxylation is 4. The van der Waals surface area contributed by atoms with Crippen LogP contribution in [0, 0.1) is 6.92 Å². The highest BCUT2D eigenvalue weighted by Gasteiger charge is 2.32. The lowest BCUT2D eigenvalue weighted by molar-refractivity contribution is 0.0709. The summed E-state index contributed by atoms with van der Waals surface area (Å²) in [7, 11) is 1.79. The SMILES string of the molecule is Cc1cc(C(=O)N2CCCC2Cn2nc3c(cc2=O)CCC3)n(C)n1. The molecule has 1 unspecified atom stereocenters. The molecule has 7 nitrogen and oxygen atoms in total. The molecular weight excluding hydrogens is 318 g/mol. The summed E-state index contributed by atoms with van der Waals surface area (Å²) in [5, 5.41) is 8.82. The summed E-state index contributed by atoms with van der Waals surface area (Å²) in [5.41, 5.74) is 3.50. The maximum atomic E-state index is 12.9. The molecular formula is C18H23N5O2. The van der Waals surface area contributed by atoms with Gasteiger partial charge in [-0.15, -0.1) is 0 Å². The first-order valence-electron chi connectivity index (χ1n) is 8.94. The van der Waals surface area contributed by atoms with E-state index in [0.717, 1.165) is 49.1 Å². The van der Waals surface area contributed by atoms with Crippen molar-refractivity contribution in [1.82, 2.24) is 24.5 Å². The number of likely N-dealkylation sites (tertiary alicyclic amines) is 1. The fourth-order valence-electron chi connectivity index (χ4n) is 4.02. The fourth-order valence-corrected chi connectivity index (χ4v) is 4.02. The fraction of sp³-hybridized carbons (Fsp3) is 0.556. The molecule has 25 heavy (non-hydrogen) atoms. The lowest BCUT2D eigenvalue weighted by atomic mass is 10.2. The minimum absolute atomic E-state index is 0.00681. The van der Waals surface area contributed by atoms with Crippen molar-refractivity contribution in [3.05, 3.63) is 45.1 Å². The van der Waals surface area contributed by atoms with E-state index in [1.54, 1.807) is 22.5 Å². The van der Waals surface area contributed by atoms with E-state index < -0.39 is 0 Å². The van der Waals surface area contributed by atoms with Crippen LogP contribution in [-0.4, -0.2) is 43.0 Å². The van der Waals surface area contributed by atoms with Crippen LogP contribution in [0.1, 0.15) is 46.7 Å². The van der Waals surface area contributed by atoms with Crippen LogP contribution in [0.15, 0.2) is 16.9 Å². The van der Waals surface area contributed by atoms with Crippen LogP contribution >= 0.6 is 0 Å². The van der Waals surface area contributed by atoms with Crippen molar-refractivity contribution < 1.29 is 4.79 Å². The van der Waals surface area contributed by atoms with E-state index in [0.29, 0.717) is 18.8 Å². The number of amides is 1. The lowest BCUT2D eigenvalue weighted by Crippen LogP contribution is -2.41. The van der Waals surface area contributed by atoms with Gasteiger partial charge in [0, 0.05) is 19.7 Å². The second-order valence-corrected chi connectivity index (χ2v) is 7.08. The quantitative estimate of drug-likeness (QED) is 0.837. The number of nitrogens with zero attached hydrogens (tertiary/aromatic N) is 5. The van der Waals surface area contributed by atoms with E-state index in [-0.39, 0.29) is 17.5 Å².